The Balaban J connectivity index is 4.31. The van der Waals surface area contributed by atoms with Crippen LogP contribution in [0.3, 0.4) is 0 Å². The number of hydrogen-bond acceptors (Lipinski definition) is 4. The summed E-state index contributed by atoms with van der Waals surface area (Å²) in [7, 11) is -9.86. The Morgan fingerprint density at radius 2 is 0.541 bits per heavy atom. The summed E-state index contributed by atoms with van der Waals surface area (Å²) in [6.45, 7) is 31.2. The molecule has 0 heterocycles. The molecule has 0 aliphatic rings. The standard InChI is InChI=1S/C65H110O7P2/c1-53(2)27-15-28-54(3)29-16-30-55(4)31-17-32-56(5)33-18-34-57(6)35-19-36-58(7)37-20-38-59(8)39-21-40-60(9)41-22-42-61(10)43-23-44-62(11)45-24-46-63(12)47-25-48-64(13)49-26-50-65(14)51-52-71-74(69,70)72-73(66,67)68/h27,29,31,33,35,37,39,41,43,45,47,49,65H,15-26,28,30,32,34,36,38,40,42,44,46,48,50-52H2,1-14H3,(H,69,70)(H2,66,67,68)/b54-29+,55-31+,56-33-,57-35-,58-37-,59-39-,60-41-,61-43-,62-45-,63-47-,64-49-. The Hall–Kier alpha value is -2.86. The molecule has 0 radical (unpaired) electrons. The molecule has 0 bridgehead atoms. The highest BCUT2D eigenvalue weighted by molar-refractivity contribution is 7.60. The van der Waals surface area contributed by atoms with Crippen LogP contribution in [0.4, 0.5) is 0 Å². The van der Waals surface area contributed by atoms with E-state index in [2.05, 4.69) is 172 Å². The molecule has 0 amide bonds. The second kappa shape index (κ2) is 43.2. The summed E-state index contributed by atoms with van der Waals surface area (Å²) in [5.74, 6) is 0.221. The van der Waals surface area contributed by atoms with Crippen molar-refractivity contribution in [3.8, 4) is 0 Å². The Kier molecular flexibility index (Phi) is 41.5. The zero-order valence-corrected chi connectivity index (χ0v) is 51.5. The summed E-state index contributed by atoms with van der Waals surface area (Å²) in [6, 6.07) is 0. The number of rotatable bonds is 42. The highest BCUT2D eigenvalue weighted by atomic mass is 31.3. The Morgan fingerprint density at radius 1 is 0.338 bits per heavy atom. The minimum atomic E-state index is -5.09. The molecule has 3 N–H and O–H groups in total. The number of allylic oxidation sites excluding steroid dienone is 24. The second-order valence-electron chi connectivity index (χ2n) is 22.1. The molecule has 0 spiro atoms. The predicted molar refractivity (Wildman–Crippen MR) is 324 cm³/mol. The molecular weight excluding hydrogens is 955 g/mol. The summed E-state index contributed by atoms with van der Waals surface area (Å²) in [5.41, 5.74) is 17.7. The van der Waals surface area contributed by atoms with Gasteiger partial charge in [0.1, 0.15) is 0 Å². The van der Waals surface area contributed by atoms with Gasteiger partial charge in [-0.3, -0.25) is 4.52 Å². The van der Waals surface area contributed by atoms with Crippen LogP contribution in [0, 0.1) is 5.92 Å². The summed E-state index contributed by atoms with van der Waals surface area (Å²) in [5, 5.41) is 0. The van der Waals surface area contributed by atoms with Crippen LogP contribution in [0.2, 0.25) is 0 Å². The molecule has 0 aliphatic heterocycles. The van der Waals surface area contributed by atoms with Crippen molar-refractivity contribution in [2.75, 3.05) is 6.61 Å². The third-order valence-corrected chi connectivity index (χ3v) is 15.8. The van der Waals surface area contributed by atoms with Gasteiger partial charge in [0.2, 0.25) is 0 Å². The summed E-state index contributed by atoms with van der Waals surface area (Å²) >= 11 is 0. The molecule has 0 aliphatic carbocycles. The SMILES string of the molecule is CC(C)=CCC/C(C)=C/CC/C(C)=C/CC/C(C)=C\CC/C(C)=C\CC/C(C)=C\CC/C(C)=C\CC/C(C)=C\CC/C(C)=C\CC/C(C)=C\CC/C(C)=C\CC/C(C)=C\CCC(C)CCOP(=O)(O)OP(=O)(O)O. The number of phosphoric acid groups is 2. The molecule has 0 aromatic carbocycles. The van der Waals surface area contributed by atoms with Crippen LogP contribution in [-0.2, 0) is 18.0 Å². The average Bonchev–Trinajstić information content (AvgIpc) is 3.28. The monoisotopic (exact) mass is 1060 g/mol. The smallest absolute Gasteiger partial charge is 0.302 e. The van der Waals surface area contributed by atoms with Gasteiger partial charge in [-0.2, -0.15) is 4.31 Å². The van der Waals surface area contributed by atoms with Crippen molar-refractivity contribution in [3.05, 3.63) is 140 Å². The lowest BCUT2D eigenvalue weighted by Gasteiger charge is -2.14. The van der Waals surface area contributed by atoms with E-state index in [4.69, 9.17) is 9.79 Å². The maximum absolute atomic E-state index is 11.6. The van der Waals surface area contributed by atoms with E-state index in [1.165, 1.54) is 86.1 Å². The minimum Gasteiger partial charge on any atom is -0.302 e. The predicted octanol–water partition coefficient (Wildman–Crippen LogP) is 22.0. The van der Waals surface area contributed by atoms with Gasteiger partial charge in [-0.1, -0.05) is 147 Å². The quantitative estimate of drug-likeness (QED) is 0.0412. The molecule has 0 saturated carbocycles. The molecule has 422 valence electrons. The fraction of sp³-hybridized carbons (Fsp3) is 0.631. The summed E-state index contributed by atoms with van der Waals surface area (Å²) < 4.78 is 30.8. The van der Waals surface area contributed by atoms with Crippen molar-refractivity contribution < 1.29 is 32.6 Å². The van der Waals surface area contributed by atoms with Crippen molar-refractivity contribution in [1.82, 2.24) is 0 Å². The van der Waals surface area contributed by atoms with Gasteiger partial charge >= 0.3 is 15.6 Å². The molecule has 7 nitrogen and oxygen atoms in total. The molecule has 2 unspecified atom stereocenters. The van der Waals surface area contributed by atoms with E-state index in [0.717, 1.165) is 135 Å². The Bertz CT molecular complexity index is 2070. The summed E-state index contributed by atoms with van der Waals surface area (Å²) in [4.78, 5) is 26.8. The van der Waals surface area contributed by atoms with Gasteiger partial charge in [-0.25, -0.2) is 9.13 Å². The van der Waals surface area contributed by atoms with Crippen molar-refractivity contribution in [2.45, 2.75) is 257 Å². The van der Waals surface area contributed by atoms with Gasteiger partial charge in [-0.15, -0.1) is 0 Å². The van der Waals surface area contributed by atoms with Crippen LogP contribution in [0.1, 0.15) is 257 Å². The van der Waals surface area contributed by atoms with Crippen molar-refractivity contribution in [1.29, 1.82) is 0 Å². The zero-order valence-electron chi connectivity index (χ0n) is 49.8. The molecule has 0 aromatic heterocycles. The number of phosphoric ester groups is 1. The van der Waals surface area contributed by atoms with Crippen molar-refractivity contribution in [2.24, 2.45) is 5.92 Å². The van der Waals surface area contributed by atoms with Crippen LogP contribution in [-0.4, -0.2) is 21.3 Å². The molecule has 74 heavy (non-hydrogen) atoms. The zero-order chi connectivity index (χ0) is 55.8. The molecule has 0 fully saturated rings. The lowest BCUT2D eigenvalue weighted by Crippen LogP contribution is -2.02. The highest BCUT2D eigenvalue weighted by Crippen LogP contribution is 2.57. The maximum Gasteiger partial charge on any atom is 0.481 e. The topological polar surface area (TPSA) is 113 Å². The molecular formula is C65H110O7P2. The van der Waals surface area contributed by atoms with E-state index in [0.29, 0.717) is 6.42 Å². The van der Waals surface area contributed by atoms with Crippen LogP contribution < -0.4 is 0 Å². The van der Waals surface area contributed by atoms with E-state index in [-0.39, 0.29) is 12.5 Å². The van der Waals surface area contributed by atoms with Gasteiger partial charge in [0.15, 0.2) is 0 Å². The van der Waals surface area contributed by atoms with Crippen LogP contribution in [0.5, 0.6) is 0 Å². The molecule has 0 aromatic rings. The normalized spacial score (nSPS) is 16.0. The van der Waals surface area contributed by atoms with E-state index >= 15 is 0 Å². The highest BCUT2D eigenvalue weighted by Gasteiger charge is 2.32. The first-order valence-electron chi connectivity index (χ1n) is 28.4. The largest absolute Gasteiger partial charge is 0.481 e. The van der Waals surface area contributed by atoms with Crippen molar-refractivity contribution >= 4 is 15.6 Å². The average molecular weight is 1070 g/mol. The third kappa shape index (κ3) is 47.6. The van der Waals surface area contributed by atoms with Crippen LogP contribution >= 0.6 is 15.6 Å². The van der Waals surface area contributed by atoms with E-state index < -0.39 is 15.6 Å². The minimum absolute atomic E-state index is 0.113. The van der Waals surface area contributed by atoms with Gasteiger partial charge in [0.25, 0.3) is 0 Å². The molecule has 0 saturated heterocycles. The maximum atomic E-state index is 11.6. The van der Waals surface area contributed by atoms with Gasteiger partial charge in [-0.05, 0) is 256 Å². The van der Waals surface area contributed by atoms with Gasteiger partial charge in [0.05, 0.1) is 6.61 Å². The van der Waals surface area contributed by atoms with Gasteiger partial charge < -0.3 is 14.7 Å². The van der Waals surface area contributed by atoms with E-state index in [9.17, 15) is 14.0 Å². The summed E-state index contributed by atoms with van der Waals surface area (Å²) in [6.07, 6.45) is 56.0. The first kappa shape index (κ1) is 71.1. The van der Waals surface area contributed by atoms with Crippen molar-refractivity contribution in [3.63, 3.8) is 0 Å². The lowest BCUT2D eigenvalue weighted by molar-refractivity contribution is 0.170. The Morgan fingerprint density at radius 3 is 0.743 bits per heavy atom. The fourth-order valence-corrected chi connectivity index (χ4v) is 10.1. The van der Waals surface area contributed by atoms with Crippen LogP contribution in [0.15, 0.2) is 140 Å². The van der Waals surface area contributed by atoms with E-state index in [1.807, 2.05) is 6.92 Å². The first-order valence-corrected chi connectivity index (χ1v) is 31.5. The molecule has 0 rings (SSSR count). The van der Waals surface area contributed by atoms with E-state index in [1.54, 1.807) is 0 Å². The Labute approximate surface area is 456 Å². The fourth-order valence-electron chi connectivity index (χ4n) is 8.46. The molecule has 2 atom stereocenters. The molecule has 9 heteroatoms. The lowest BCUT2D eigenvalue weighted by atomic mass is 10.0. The first-order chi connectivity index (χ1) is 34.8. The number of hydrogen-bond donors (Lipinski definition) is 3. The van der Waals surface area contributed by atoms with Gasteiger partial charge in [0, 0.05) is 0 Å². The second-order valence-corrected chi connectivity index (χ2v) is 24.9. The van der Waals surface area contributed by atoms with Crippen LogP contribution in [0.25, 0.3) is 0 Å². The third-order valence-electron chi connectivity index (χ3n) is 13.6.